The van der Waals surface area contributed by atoms with Gasteiger partial charge in [0.05, 0.1) is 5.54 Å². The summed E-state index contributed by atoms with van der Waals surface area (Å²) in [6.07, 6.45) is 0. The van der Waals surface area contributed by atoms with Crippen molar-refractivity contribution >= 4 is 0 Å². The van der Waals surface area contributed by atoms with E-state index in [-0.39, 0.29) is 5.54 Å². The van der Waals surface area contributed by atoms with Crippen molar-refractivity contribution in [2.24, 2.45) is 5.73 Å². The number of hydrogen-bond donors (Lipinski definition) is 1. The smallest absolute Gasteiger partial charge is 0.122 e. The molecule has 0 spiro atoms. The zero-order valence-electron chi connectivity index (χ0n) is 12.2. The number of rotatable bonds is 6. The van der Waals surface area contributed by atoms with E-state index in [1.165, 1.54) is 5.56 Å². The molecule has 18 heavy (non-hydrogen) atoms. The predicted octanol–water partition coefficient (Wildman–Crippen LogP) is 2.47. The zero-order valence-corrected chi connectivity index (χ0v) is 12.2. The summed E-state index contributed by atoms with van der Waals surface area (Å²) in [7, 11) is 4.06. The second kappa shape index (κ2) is 6.21. The molecule has 0 heterocycles. The molecule has 1 rings (SSSR count). The Morgan fingerprint density at radius 1 is 1.28 bits per heavy atom. The Morgan fingerprint density at radius 3 is 2.39 bits per heavy atom. The summed E-state index contributed by atoms with van der Waals surface area (Å²) >= 11 is 0. The molecule has 0 fully saturated rings. The lowest BCUT2D eigenvalue weighted by molar-refractivity contribution is 0.104. The minimum Gasteiger partial charge on any atom is -0.491 e. The summed E-state index contributed by atoms with van der Waals surface area (Å²) in [5, 5.41) is 0. The van der Waals surface area contributed by atoms with Crippen LogP contribution in [0.5, 0.6) is 5.75 Å². The Balaban J connectivity index is 2.80. The Bertz CT molecular complexity index is 377. The van der Waals surface area contributed by atoms with Crippen LogP contribution in [-0.4, -0.2) is 37.7 Å². The molecule has 0 aliphatic rings. The van der Waals surface area contributed by atoms with Crippen molar-refractivity contribution in [1.29, 1.82) is 0 Å². The van der Waals surface area contributed by atoms with Crippen molar-refractivity contribution in [3.63, 3.8) is 0 Å². The van der Waals surface area contributed by atoms with Crippen LogP contribution in [0.2, 0.25) is 0 Å². The van der Waals surface area contributed by atoms with Gasteiger partial charge in [0.15, 0.2) is 0 Å². The van der Waals surface area contributed by atoms with Crippen molar-refractivity contribution in [2.75, 3.05) is 27.2 Å². The molecule has 0 bridgehead atoms. The molecule has 102 valence electrons. The molecule has 1 aromatic carbocycles. The van der Waals surface area contributed by atoms with Gasteiger partial charge in [-0.25, -0.2) is 0 Å². The van der Waals surface area contributed by atoms with E-state index in [0.29, 0.717) is 19.1 Å². The maximum absolute atomic E-state index is 5.99. The van der Waals surface area contributed by atoms with Gasteiger partial charge >= 0.3 is 0 Å². The van der Waals surface area contributed by atoms with Gasteiger partial charge in [0.2, 0.25) is 0 Å². The van der Waals surface area contributed by atoms with Crippen molar-refractivity contribution < 1.29 is 4.74 Å². The van der Waals surface area contributed by atoms with Crippen LogP contribution in [0.25, 0.3) is 0 Å². The van der Waals surface area contributed by atoms with E-state index < -0.39 is 0 Å². The lowest BCUT2D eigenvalue weighted by Gasteiger charge is -2.35. The maximum atomic E-state index is 5.99. The molecule has 3 heteroatoms. The van der Waals surface area contributed by atoms with E-state index in [9.17, 15) is 0 Å². The second-order valence-electron chi connectivity index (χ2n) is 5.58. The van der Waals surface area contributed by atoms with Gasteiger partial charge < -0.3 is 10.5 Å². The molecule has 0 aliphatic carbocycles. The largest absolute Gasteiger partial charge is 0.491 e. The quantitative estimate of drug-likeness (QED) is 0.843. The van der Waals surface area contributed by atoms with Crippen LogP contribution in [0.1, 0.15) is 32.3 Å². The van der Waals surface area contributed by atoms with Gasteiger partial charge in [-0.2, -0.15) is 0 Å². The highest BCUT2D eigenvalue weighted by Crippen LogP contribution is 2.26. The van der Waals surface area contributed by atoms with E-state index in [2.05, 4.69) is 37.8 Å². The van der Waals surface area contributed by atoms with E-state index in [4.69, 9.17) is 10.5 Å². The van der Waals surface area contributed by atoms with Gasteiger partial charge in [-0.15, -0.1) is 0 Å². The third-order valence-electron chi connectivity index (χ3n) is 3.60. The summed E-state index contributed by atoms with van der Waals surface area (Å²) in [5.74, 6) is 1.43. The normalized spacial score (nSPS) is 14.9. The summed E-state index contributed by atoms with van der Waals surface area (Å²) in [6.45, 7) is 7.64. The van der Waals surface area contributed by atoms with Crippen LogP contribution >= 0.6 is 0 Å². The third-order valence-corrected chi connectivity index (χ3v) is 3.60. The van der Waals surface area contributed by atoms with Crippen LogP contribution < -0.4 is 10.5 Å². The molecule has 0 saturated carbocycles. The van der Waals surface area contributed by atoms with Gasteiger partial charge in [-0.1, -0.05) is 32.0 Å². The van der Waals surface area contributed by atoms with Crippen molar-refractivity contribution in [3.8, 4) is 5.75 Å². The SMILES string of the molecule is CC(C)c1ccccc1OCC(C)(CN)N(C)C. The summed E-state index contributed by atoms with van der Waals surface area (Å²) in [5.41, 5.74) is 6.96. The molecule has 2 N–H and O–H groups in total. The maximum Gasteiger partial charge on any atom is 0.122 e. The number of ether oxygens (including phenoxy) is 1. The molecule has 1 aromatic rings. The van der Waals surface area contributed by atoms with E-state index in [1.54, 1.807) is 0 Å². The van der Waals surface area contributed by atoms with E-state index in [0.717, 1.165) is 5.75 Å². The number of benzene rings is 1. The molecule has 0 radical (unpaired) electrons. The number of likely N-dealkylation sites (N-methyl/N-ethyl adjacent to an activating group) is 1. The standard InChI is InChI=1S/C15H26N2O/c1-12(2)13-8-6-7-9-14(13)18-11-15(3,10-16)17(4)5/h6-9,12H,10-11,16H2,1-5H3. The minimum atomic E-state index is -0.135. The predicted molar refractivity (Wildman–Crippen MR) is 77.2 cm³/mol. The van der Waals surface area contributed by atoms with Crippen LogP contribution in [0, 0.1) is 0 Å². The average molecular weight is 250 g/mol. The Hall–Kier alpha value is -1.06. The minimum absolute atomic E-state index is 0.135. The van der Waals surface area contributed by atoms with Crippen molar-refractivity contribution in [2.45, 2.75) is 32.2 Å². The number of nitrogens with two attached hydrogens (primary N) is 1. The van der Waals surface area contributed by atoms with Crippen molar-refractivity contribution in [1.82, 2.24) is 4.90 Å². The highest BCUT2D eigenvalue weighted by molar-refractivity contribution is 5.35. The third kappa shape index (κ3) is 3.47. The van der Waals surface area contributed by atoms with Crippen LogP contribution in [0.15, 0.2) is 24.3 Å². The average Bonchev–Trinajstić information content (AvgIpc) is 2.35. The van der Waals surface area contributed by atoms with Gasteiger partial charge in [0.25, 0.3) is 0 Å². The summed E-state index contributed by atoms with van der Waals surface area (Å²) in [6, 6.07) is 8.21. The van der Waals surface area contributed by atoms with Crippen LogP contribution in [0.3, 0.4) is 0 Å². The first-order chi connectivity index (χ1) is 8.40. The highest BCUT2D eigenvalue weighted by Gasteiger charge is 2.26. The summed E-state index contributed by atoms with van der Waals surface area (Å²) < 4.78 is 5.99. The molecular formula is C15H26N2O. The van der Waals surface area contributed by atoms with Gasteiger partial charge in [0, 0.05) is 6.54 Å². The summed E-state index contributed by atoms with van der Waals surface area (Å²) in [4.78, 5) is 2.12. The van der Waals surface area contributed by atoms with Crippen molar-refractivity contribution in [3.05, 3.63) is 29.8 Å². The van der Waals surface area contributed by atoms with Gasteiger partial charge in [-0.3, -0.25) is 4.90 Å². The number of nitrogens with zero attached hydrogens (tertiary/aromatic N) is 1. The van der Waals surface area contributed by atoms with Crippen LogP contribution in [0.4, 0.5) is 0 Å². The fourth-order valence-corrected chi connectivity index (χ4v) is 1.69. The number of para-hydroxylation sites is 1. The van der Waals surface area contributed by atoms with E-state index >= 15 is 0 Å². The first-order valence-corrected chi connectivity index (χ1v) is 6.50. The van der Waals surface area contributed by atoms with Gasteiger partial charge in [0.1, 0.15) is 12.4 Å². The molecule has 0 aromatic heterocycles. The molecule has 0 saturated heterocycles. The van der Waals surface area contributed by atoms with Crippen LogP contribution in [-0.2, 0) is 0 Å². The topological polar surface area (TPSA) is 38.5 Å². The number of hydrogen-bond acceptors (Lipinski definition) is 3. The second-order valence-corrected chi connectivity index (χ2v) is 5.58. The molecule has 1 atom stereocenters. The fraction of sp³-hybridized carbons (Fsp3) is 0.600. The Morgan fingerprint density at radius 2 is 1.89 bits per heavy atom. The van der Waals surface area contributed by atoms with Gasteiger partial charge in [-0.05, 0) is 38.6 Å². The first-order valence-electron chi connectivity index (χ1n) is 6.50. The molecule has 3 nitrogen and oxygen atoms in total. The zero-order chi connectivity index (χ0) is 13.8. The Labute approximate surface area is 111 Å². The molecule has 0 amide bonds. The monoisotopic (exact) mass is 250 g/mol. The highest BCUT2D eigenvalue weighted by atomic mass is 16.5. The molecular weight excluding hydrogens is 224 g/mol. The lowest BCUT2D eigenvalue weighted by atomic mass is 10.0. The fourth-order valence-electron chi connectivity index (χ4n) is 1.69. The van der Waals surface area contributed by atoms with E-state index in [1.807, 2.05) is 26.2 Å². The Kier molecular flexibility index (Phi) is 5.17. The first kappa shape index (κ1) is 15.0. The molecule has 1 unspecified atom stereocenters. The molecule has 0 aliphatic heterocycles. The lowest BCUT2D eigenvalue weighted by Crippen LogP contribution is -2.52.